The van der Waals surface area contributed by atoms with Gasteiger partial charge in [-0.05, 0) is 31.5 Å². The van der Waals surface area contributed by atoms with Gasteiger partial charge in [0.15, 0.2) is 11.0 Å². The first-order valence-corrected chi connectivity index (χ1v) is 10.6. The maximum absolute atomic E-state index is 12.3. The van der Waals surface area contributed by atoms with E-state index in [1.165, 1.54) is 23.9 Å². The van der Waals surface area contributed by atoms with Crippen LogP contribution in [-0.2, 0) is 11.3 Å². The molecule has 5 nitrogen and oxygen atoms in total. The highest BCUT2D eigenvalue weighted by Crippen LogP contribution is 2.32. The third kappa shape index (κ3) is 4.63. The number of hydrogen-bond donors (Lipinski definition) is 1. The van der Waals surface area contributed by atoms with Crippen LogP contribution in [0.4, 0.5) is 5.69 Å². The minimum absolute atomic E-state index is 0.155. The van der Waals surface area contributed by atoms with Crippen LogP contribution in [-0.4, -0.2) is 26.4 Å². The highest BCUT2D eigenvalue weighted by molar-refractivity contribution is 7.99. The van der Waals surface area contributed by atoms with E-state index in [0.717, 1.165) is 17.0 Å². The van der Waals surface area contributed by atoms with E-state index in [-0.39, 0.29) is 11.7 Å². The van der Waals surface area contributed by atoms with E-state index in [2.05, 4.69) is 15.5 Å². The van der Waals surface area contributed by atoms with Crippen LogP contribution in [0, 0.1) is 6.92 Å². The van der Waals surface area contributed by atoms with Gasteiger partial charge in [-0.2, -0.15) is 0 Å². The van der Waals surface area contributed by atoms with E-state index < -0.39 is 0 Å². The van der Waals surface area contributed by atoms with Crippen molar-refractivity contribution >= 4 is 58.2 Å². The molecule has 1 heterocycles. The number of benzene rings is 2. The zero-order valence-corrected chi connectivity index (χ0v) is 18.3. The number of halogens is 3. The molecule has 0 aliphatic rings. The maximum atomic E-state index is 12.3. The molecule has 0 spiro atoms. The molecular weight excluding hydrogens is 439 g/mol. The van der Waals surface area contributed by atoms with Crippen molar-refractivity contribution in [3.05, 3.63) is 57.0 Å². The van der Waals surface area contributed by atoms with Gasteiger partial charge < -0.3 is 9.88 Å². The minimum Gasteiger partial charge on any atom is -0.324 e. The van der Waals surface area contributed by atoms with Gasteiger partial charge in [0.1, 0.15) is 0 Å². The smallest absolute Gasteiger partial charge is 0.234 e. The summed E-state index contributed by atoms with van der Waals surface area (Å²) in [6.45, 7) is 4.75. The van der Waals surface area contributed by atoms with Crippen LogP contribution in [0.3, 0.4) is 0 Å². The van der Waals surface area contributed by atoms with Crippen LogP contribution in [0.15, 0.2) is 41.6 Å². The second-order valence-corrected chi connectivity index (χ2v) is 8.11. The first kappa shape index (κ1) is 21.0. The van der Waals surface area contributed by atoms with Gasteiger partial charge in [-0.3, -0.25) is 4.79 Å². The Morgan fingerprint density at radius 3 is 2.54 bits per heavy atom. The summed E-state index contributed by atoms with van der Waals surface area (Å²) in [5.74, 6) is 0.715. The Morgan fingerprint density at radius 2 is 1.82 bits per heavy atom. The Hall–Kier alpha value is -1.73. The lowest BCUT2D eigenvalue weighted by atomic mass is 10.1. The number of nitrogens with zero attached hydrogens (tertiary/aromatic N) is 3. The van der Waals surface area contributed by atoms with Crippen LogP contribution < -0.4 is 5.32 Å². The summed E-state index contributed by atoms with van der Waals surface area (Å²) < 4.78 is 1.99. The number of thioether (sulfide) groups is 1. The summed E-state index contributed by atoms with van der Waals surface area (Å²) in [7, 11) is 0. The standard InChI is InChI=1S/C19H17Cl3N4OS/c1-3-26-18(12-7-5-4-6-11(12)2)24-25-19(26)28-10-17(27)23-16-9-14(21)13(20)8-15(16)22/h4-9H,3,10H2,1-2H3,(H,23,27). The molecule has 2 aromatic carbocycles. The van der Waals surface area contributed by atoms with E-state index in [9.17, 15) is 4.79 Å². The molecule has 28 heavy (non-hydrogen) atoms. The van der Waals surface area contributed by atoms with Crippen LogP contribution >= 0.6 is 46.6 Å². The number of anilines is 1. The summed E-state index contributed by atoms with van der Waals surface area (Å²) in [6, 6.07) is 11.0. The molecule has 1 N–H and O–H groups in total. The molecule has 0 bridgehead atoms. The molecule has 0 saturated heterocycles. The fraction of sp³-hybridized carbons (Fsp3) is 0.211. The lowest BCUT2D eigenvalue weighted by Crippen LogP contribution is -2.15. The SMILES string of the molecule is CCn1c(SCC(=O)Nc2cc(Cl)c(Cl)cc2Cl)nnc1-c1ccccc1C. The molecule has 9 heteroatoms. The molecule has 3 rings (SSSR count). The van der Waals surface area contributed by atoms with Gasteiger partial charge in [0.05, 0.1) is 26.5 Å². The molecule has 1 amide bonds. The van der Waals surface area contributed by atoms with Crippen molar-refractivity contribution in [2.45, 2.75) is 25.5 Å². The summed E-state index contributed by atoms with van der Waals surface area (Å²) in [5.41, 5.74) is 2.56. The summed E-state index contributed by atoms with van der Waals surface area (Å²) in [5, 5.41) is 13.0. The topological polar surface area (TPSA) is 59.8 Å². The van der Waals surface area contributed by atoms with E-state index in [1.807, 2.05) is 42.7 Å². The van der Waals surface area contributed by atoms with Gasteiger partial charge in [0, 0.05) is 12.1 Å². The number of nitrogens with one attached hydrogen (secondary N) is 1. The van der Waals surface area contributed by atoms with E-state index in [1.54, 1.807) is 0 Å². The molecule has 1 aromatic heterocycles. The number of rotatable bonds is 6. The Bertz CT molecular complexity index is 1020. The van der Waals surface area contributed by atoms with Crippen molar-refractivity contribution in [2.75, 3.05) is 11.1 Å². The molecule has 0 saturated carbocycles. The number of aryl methyl sites for hydroxylation is 1. The summed E-state index contributed by atoms with van der Waals surface area (Å²) >= 11 is 19.3. The molecule has 0 atom stereocenters. The van der Waals surface area contributed by atoms with Crippen molar-refractivity contribution in [1.82, 2.24) is 14.8 Å². The summed E-state index contributed by atoms with van der Waals surface area (Å²) in [4.78, 5) is 12.3. The first-order chi connectivity index (χ1) is 13.4. The van der Waals surface area contributed by atoms with Gasteiger partial charge in [-0.1, -0.05) is 70.8 Å². The maximum Gasteiger partial charge on any atom is 0.234 e. The molecule has 0 unspecified atom stereocenters. The van der Waals surface area contributed by atoms with Crippen molar-refractivity contribution < 1.29 is 4.79 Å². The Labute approximate surface area is 182 Å². The molecule has 146 valence electrons. The fourth-order valence-electron chi connectivity index (χ4n) is 2.64. The molecule has 3 aromatic rings. The van der Waals surface area contributed by atoms with Gasteiger partial charge in [-0.15, -0.1) is 10.2 Å². The Kier molecular flexibility index (Phi) is 6.88. The predicted molar refractivity (Wildman–Crippen MR) is 117 cm³/mol. The van der Waals surface area contributed by atoms with Gasteiger partial charge in [0.2, 0.25) is 5.91 Å². The number of aromatic nitrogens is 3. The van der Waals surface area contributed by atoms with Crippen molar-refractivity contribution in [3.63, 3.8) is 0 Å². The third-order valence-corrected chi connectivity index (χ3v) is 6.04. The lowest BCUT2D eigenvalue weighted by Gasteiger charge is -2.10. The van der Waals surface area contributed by atoms with E-state index in [4.69, 9.17) is 34.8 Å². The van der Waals surface area contributed by atoms with Gasteiger partial charge in [-0.25, -0.2) is 0 Å². The minimum atomic E-state index is -0.228. The number of hydrogen-bond acceptors (Lipinski definition) is 4. The van der Waals surface area contributed by atoms with Crippen molar-refractivity contribution in [3.8, 4) is 11.4 Å². The van der Waals surface area contributed by atoms with Crippen molar-refractivity contribution in [2.24, 2.45) is 0 Å². The van der Waals surface area contributed by atoms with Crippen LogP contribution in [0.1, 0.15) is 12.5 Å². The average Bonchev–Trinajstić information content (AvgIpc) is 3.07. The van der Waals surface area contributed by atoms with Crippen LogP contribution in [0.5, 0.6) is 0 Å². The molecular formula is C19H17Cl3N4OS. The number of amides is 1. The Morgan fingerprint density at radius 1 is 1.11 bits per heavy atom. The van der Waals surface area contributed by atoms with Crippen molar-refractivity contribution in [1.29, 1.82) is 0 Å². The van der Waals surface area contributed by atoms with Crippen LogP contribution in [0.2, 0.25) is 15.1 Å². The Balaban J connectivity index is 1.72. The normalized spacial score (nSPS) is 10.9. The second-order valence-electron chi connectivity index (χ2n) is 5.95. The number of carbonyl (C=O) groups excluding carboxylic acids is 1. The summed E-state index contributed by atoms with van der Waals surface area (Å²) in [6.07, 6.45) is 0. The van der Waals surface area contributed by atoms with Gasteiger partial charge >= 0.3 is 0 Å². The highest BCUT2D eigenvalue weighted by Gasteiger charge is 2.16. The zero-order chi connectivity index (χ0) is 20.3. The monoisotopic (exact) mass is 454 g/mol. The lowest BCUT2D eigenvalue weighted by molar-refractivity contribution is -0.113. The van der Waals surface area contributed by atoms with E-state index in [0.29, 0.717) is 32.5 Å². The molecule has 0 aliphatic heterocycles. The highest BCUT2D eigenvalue weighted by atomic mass is 35.5. The van der Waals surface area contributed by atoms with Crippen LogP contribution in [0.25, 0.3) is 11.4 Å². The largest absolute Gasteiger partial charge is 0.324 e. The zero-order valence-electron chi connectivity index (χ0n) is 15.2. The first-order valence-electron chi connectivity index (χ1n) is 8.47. The number of carbonyl (C=O) groups is 1. The fourth-order valence-corrected chi connectivity index (χ4v) is 4.03. The van der Waals surface area contributed by atoms with Gasteiger partial charge in [0.25, 0.3) is 0 Å². The average molecular weight is 456 g/mol. The van der Waals surface area contributed by atoms with E-state index >= 15 is 0 Å². The second kappa shape index (κ2) is 9.18. The predicted octanol–water partition coefficient (Wildman–Crippen LogP) is 5.96. The third-order valence-electron chi connectivity index (χ3n) is 4.04. The quantitative estimate of drug-likeness (QED) is 0.368. The molecule has 0 fully saturated rings. The molecule has 0 aliphatic carbocycles. The molecule has 0 radical (unpaired) electrons.